The van der Waals surface area contributed by atoms with E-state index in [1.54, 1.807) is 5.57 Å². The molecular weight excluding hydrogens is 476 g/mol. The molecule has 3 aliphatic rings. The lowest BCUT2D eigenvalue weighted by molar-refractivity contribution is -0.162. The van der Waals surface area contributed by atoms with Gasteiger partial charge in [-0.25, -0.2) is 0 Å². The molecule has 5 heteroatoms. The van der Waals surface area contributed by atoms with Crippen LogP contribution >= 0.6 is 0 Å². The lowest BCUT2D eigenvalue weighted by Gasteiger charge is -2.38. The molecule has 0 amide bonds. The van der Waals surface area contributed by atoms with Crippen LogP contribution in [0.1, 0.15) is 111 Å². The van der Waals surface area contributed by atoms with E-state index in [4.69, 9.17) is 13.9 Å². The summed E-state index contributed by atoms with van der Waals surface area (Å²) in [7, 11) is -1.85. The number of allylic oxidation sites excluding steroid dienone is 3. The van der Waals surface area contributed by atoms with Gasteiger partial charge in [0.1, 0.15) is 0 Å². The number of unbranched alkanes of at least 4 members (excludes halogenated alkanes) is 4. The van der Waals surface area contributed by atoms with Crippen molar-refractivity contribution < 1.29 is 19.0 Å². The maximum absolute atomic E-state index is 10.9. The highest BCUT2D eigenvalue weighted by atomic mass is 28.4. The third kappa shape index (κ3) is 9.46. The van der Waals surface area contributed by atoms with Crippen molar-refractivity contribution in [2.75, 3.05) is 13.2 Å². The molecule has 0 aromatic heterocycles. The van der Waals surface area contributed by atoms with E-state index in [1.165, 1.54) is 49.7 Å². The molecule has 1 saturated carbocycles. The van der Waals surface area contributed by atoms with Crippen LogP contribution in [0, 0.1) is 5.92 Å². The van der Waals surface area contributed by atoms with Gasteiger partial charge in [0.05, 0.1) is 12.2 Å². The highest BCUT2D eigenvalue weighted by Gasteiger charge is 2.39. The van der Waals surface area contributed by atoms with Crippen LogP contribution in [-0.2, 0) is 13.9 Å². The predicted octanol–water partition coefficient (Wildman–Crippen LogP) is 8.62. The van der Waals surface area contributed by atoms with Gasteiger partial charge in [0.25, 0.3) is 0 Å². The molecule has 0 aromatic carbocycles. The largest absolute Gasteiger partial charge is 0.411 e. The van der Waals surface area contributed by atoms with Crippen molar-refractivity contribution in [3.8, 4) is 0 Å². The maximum Gasteiger partial charge on any atom is 0.192 e. The molecule has 1 saturated heterocycles. The number of aliphatic hydroxyl groups excluding tert-OH is 1. The Morgan fingerprint density at radius 3 is 2.65 bits per heavy atom. The summed E-state index contributed by atoms with van der Waals surface area (Å²) in [6.45, 7) is 15.5. The van der Waals surface area contributed by atoms with Crippen LogP contribution < -0.4 is 0 Å². The molecule has 2 aliphatic carbocycles. The van der Waals surface area contributed by atoms with Crippen LogP contribution in [-0.4, -0.2) is 45.1 Å². The van der Waals surface area contributed by atoms with Crippen molar-refractivity contribution >= 4 is 8.32 Å². The van der Waals surface area contributed by atoms with E-state index < -0.39 is 8.32 Å². The van der Waals surface area contributed by atoms with Gasteiger partial charge in [-0.3, -0.25) is 0 Å². The lowest BCUT2D eigenvalue weighted by atomic mass is 10.0. The molecule has 4 nitrogen and oxygen atoms in total. The van der Waals surface area contributed by atoms with Crippen LogP contribution in [0.5, 0.6) is 0 Å². The summed E-state index contributed by atoms with van der Waals surface area (Å²) in [5.41, 5.74) is 4.22. The van der Waals surface area contributed by atoms with Crippen molar-refractivity contribution in [3.05, 3.63) is 34.9 Å². The first kappa shape index (κ1) is 30.8. The Bertz CT molecular complexity index is 785. The van der Waals surface area contributed by atoms with E-state index in [9.17, 15) is 5.11 Å². The number of hydrogen-bond acceptors (Lipinski definition) is 4. The normalized spacial score (nSPS) is 27.0. The smallest absolute Gasteiger partial charge is 0.192 e. The predicted molar refractivity (Wildman–Crippen MR) is 157 cm³/mol. The summed E-state index contributed by atoms with van der Waals surface area (Å²) in [5.74, 6) is 0.521. The zero-order valence-corrected chi connectivity index (χ0v) is 25.8. The fraction of sp³-hybridized carbons (Fsp3) is 0.812. The second-order valence-corrected chi connectivity index (χ2v) is 17.9. The van der Waals surface area contributed by atoms with Crippen LogP contribution in [0.3, 0.4) is 0 Å². The molecule has 1 aliphatic heterocycles. The molecule has 0 bridgehead atoms. The molecule has 3 rings (SSSR count). The summed E-state index contributed by atoms with van der Waals surface area (Å²) in [5, 5.41) is 11.1. The van der Waals surface area contributed by atoms with Gasteiger partial charge >= 0.3 is 0 Å². The first-order chi connectivity index (χ1) is 17.6. The molecule has 4 atom stereocenters. The Labute approximate surface area is 229 Å². The molecule has 4 unspecified atom stereocenters. The number of aliphatic hydroxyl groups is 1. The Hall–Kier alpha value is -0.723. The average molecular weight is 533 g/mol. The molecular formula is C32H56O4Si. The summed E-state index contributed by atoms with van der Waals surface area (Å²) in [4.78, 5) is 0. The second-order valence-electron chi connectivity index (χ2n) is 13.1. The van der Waals surface area contributed by atoms with Crippen molar-refractivity contribution in [1.82, 2.24) is 0 Å². The van der Waals surface area contributed by atoms with Gasteiger partial charge in [0, 0.05) is 13.2 Å². The molecule has 1 heterocycles. The second kappa shape index (κ2) is 14.6. The van der Waals surface area contributed by atoms with Crippen molar-refractivity contribution in [3.63, 3.8) is 0 Å². The topological polar surface area (TPSA) is 47.9 Å². The third-order valence-corrected chi connectivity index (χ3v) is 13.5. The molecule has 212 valence electrons. The van der Waals surface area contributed by atoms with Gasteiger partial charge in [0.2, 0.25) is 0 Å². The summed E-state index contributed by atoms with van der Waals surface area (Å²) >= 11 is 0. The Morgan fingerprint density at radius 2 is 1.95 bits per heavy atom. The quantitative estimate of drug-likeness (QED) is 0.138. The van der Waals surface area contributed by atoms with E-state index in [2.05, 4.69) is 59.0 Å². The first-order valence-corrected chi connectivity index (χ1v) is 18.2. The summed E-state index contributed by atoms with van der Waals surface area (Å²) in [6, 6.07) is 0. The van der Waals surface area contributed by atoms with E-state index in [1.807, 2.05) is 0 Å². The minimum atomic E-state index is -1.85. The first-order valence-electron chi connectivity index (χ1n) is 15.3. The standard InChI is InChI=1S/C32H56O4Si/c1-7-8-10-16-27(36-37(5,6)32(2,3)4)18-19-28-29-23-25(22-26(29)24-30(28)33)15-11-9-13-20-34-31-17-12-14-21-35-31/h15,18-19,26-27,30-31,33H,7-14,16-17,20-24H2,1-6H3/b19-18+,25-15+. The fourth-order valence-corrected chi connectivity index (χ4v) is 6.92. The van der Waals surface area contributed by atoms with Crippen LogP contribution in [0.15, 0.2) is 34.9 Å². The average Bonchev–Trinajstić information content (AvgIpc) is 3.35. The molecule has 0 aromatic rings. The lowest BCUT2D eigenvalue weighted by Crippen LogP contribution is -2.43. The number of rotatable bonds is 14. The Kier molecular flexibility index (Phi) is 12.2. The van der Waals surface area contributed by atoms with Crippen LogP contribution in [0.25, 0.3) is 0 Å². The fourth-order valence-electron chi connectivity index (χ4n) is 5.61. The van der Waals surface area contributed by atoms with Gasteiger partial charge in [-0.15, -0.1) is 0 Å². The zero-order valence-electron chi connectivity index (χ0n) is 24.8. The number of fused-ring (bicyclic) bond motifs is 1. The molecule has 0 radical (unpaired) electrons. The van der Waals surface area contributed by atoms with Gasteiger partial charge in [-0.05, 0) is 93.8 Å². The van der Waals surface area contributed by atoms with Crippen molar-refractivity contribution in [1.29, 1.82) is 0 Å². The molecule has 37 heavy (non-hydrogen) atoms. The van der Waals surface area contributed by atoms with Gasteiger partial charge in [-0.1, -0.05) is 76.3 Å². The molecule has 2 fully saturated rings. The monoisotopic (exact) mass is 532 g/mol. The van der Waals surface area contributed by atoms with E-state index in [-0.39, 0.29) is 23.5 Å². The van der Waals surface area contributed by atoms with Crippen LogP contribution in [0.2, 0.25) is 18.1 Å². The molecule has 0 spiro atoms. The molecule has 1 N–H and O–H groups in total. The summed E-state index contributed by atoms with van der Waals surface area (Å²) < 4.78 is 18.3. The van der Waals surface area contributed by atoms with Crippen molar-refractivity contribution in [2.24, 2.45) is 5.92 Å². The SMILES string of the molecule is CCCCCC(/C=C/C1=C2C/C(=C/CCCCOC3CCCCO3)CC2CC1O)O[Si](C)(C)C(C)(C)C. The van der Waals surface area contributed by atoms with E-state index >= 15 is 0 Å². The Morgan fingerprint density at radius 1 is 1.14 bits per heavy atom. The van der Waals surface area contributed by atoms with Gasteiger partial charge < -0.3 is 19.0 Å². The number of hydrogen-bond donors (Lipinski definition) is 1. The number of ether oxygens (including phenoxy) is 2. The highest BCUT2D eigenvalue weighted by Crippen LogP contribution is 2.47. The minimum Gasteiger partial charge on any atom is -0.411 e. The summed E-state index contributed by atoms with van der Waals surface area (Å²) in [6.07, 6.45) is 21.4. The third-order valence-electron chi connectivity index (χ3n) is 8.96. The van der Waals surface area contributed by atoms with Crippen LogP contribution in [0.4, 0.5) is 0 Å². The Balaban J connectivity index is 1.54. The minimum absolute atomic E-state index is 0.0321. The van der Waals surface area contributed by atoms with Crippen molar-refractivity contribution in [2.45, 2.75) is 148 Å². The highest BCUT2D eigenvalue weighted by molar-refractivity contribution is 6.74. The van der Waals surface area contributed by atoms with Gasteiger partial charge in [-0.2, -0.15) is 0 Å². The van der Waals surface area contributed by atoms with E-state index in [0.717, 1.165) is 58.2 Å². The van der Waals surface area contributed by atoms with Gasteiger partial charge in [0.15, 0.2) is 14.6 Å². The zero-order chi connectivity index (χ0) is 26.9. The van der Waals surface area contributed by atoms with E-state index in [0.29, 0.717) is 5.92 Å². The maximum atomic E-state index is 10.9.